The molecule has 2 rings (SSSR count). The van der Waals surface area contributed by atoms with Crippen LogP contribution in [0.2, 0.25) is 0 Å². The lowest BCUT2D eigenvalue weighted by molar-refractivity contribution is 0.413. The molecule has 0 aliphatic rings. The predicted octanol–water partition coefficient (Wildman–Crippen LogP) is 5.62. The molecular formula is C14H14Br2OS. The quantitative estimate of drug-likeness (QED) is 0.619. The number of benzene rings is 1. The maximum Gasteiger partial charge on any atom is 0.134 e. The maximum absolute atomic E-state index is 5.39. The van der Waals surface area contributed by atoms with Crippen LogP contribution in [0.15, 0.2) is 28.1 Å². The molecule has 4 heteroatoms. The number of alkyl halides is 1. The summed E-state index contributed by atoms with van der Waals surface area (Å²) in [6.45, 7) is 4.24. The van der Waals surface area contributed by atoms with E-state index < -0.39 is 0 Å². The summed E-state index contributed by atoms with van der Waals surface area (Å²) in [4.78, 5) is 1.39. The van der Waals surface area contributed by atoms with Crippen molar-refractivity contribution in [2.75, 3.05) is 7.11 Å². The Morgan fingerprint density at radius 1 is 1.22 bits per heavy atom. The molecule has 0 saturated heterocycles. The fourth-order valence-corrected chi connectivity index (χ4v) is 4.23. The third-order valence-corrected chi connectivity index (χ3v) is 6.00. The summed E-state index contributed by atoms with van der Waals surface area (Å²) in [5, 5.41) is 2.06. The summed E-state index contributed by atoms with van der Waals surface area (Å²) < 4.78 is 6.55. The van der Waals surface area contributed by atoms with E-state index in [1.165, 1.54) is 21.6 Å². The van der Waals surface area contributed by atoms with E-state index in [2.05, 4.69) is 63.2 Å². The van der Waals surface area contributed by atoms with Crippen molar-refractivity contribution in [3.63, 3.8) is 0 Å². The van der Waals surface area contributed by atoms with E-state index >= 15 is 0 Å². The van der Waals surface area contributed by atoms with Gasteiger partial charge in [-0.2, -0.15) is 0 Å². The molecule has 0 radical (unpaired) electrons. The first-order valence-electron chi connectivity index (χ1n) is 5.56. The van der Waals surface area contributed by atoms with E-state index in [1.54, 1.807) is 18.4 Å². The summed E-state index contributed by atoms with van der Waals surface area (Å²) in [7, 11) is 1.71. The second-order valence-corrected chi connectivity index (χ2v) is 6.89. The van der Waals surface area contributed by atoms with Crippen molar-refractivity contribution < 1.29 is 4.74 Å². The van der Waals surface area contributed by atoms with Gasteiger partial charge in [-0.15, -0.1) is 11.3 Å². The van der Waals surface area contributed by atoms with Crippen LogP contribution in [0.1, 0.15) is 26.4 Å². The summed E-state index contributed by atoms with van der Waals surface area (Å²) >= 11 is 9.07. The highest BCUT2D eigenvalue weighted by molar-refractivity contribution is 9.10. The van der Waals surface area contributed by atoms with Crippen molar-refractivity contribution in [3.8, 4) is 5.75 Å². The van der Waals surface area contributed by atoms with Crippen LogP contribution in [-0.4, -0.2) is 7.11 Å². The topological polar surface area (TPSA) is 9.23 Å². The van der Waals surface area contributed by atoms with Crippen LogP contribution < -0.4 is 4.74 Å². The summed E-state index contributed by atoms with van der Waals surface area (Å²) in [5.41, 5.74) is 3.80. The predicted molar refractivity (Wildman–Crippen MR) is 85.3 cm³/mol. The van der Waals surface area contributed by atoms with Crippen LogP contribution in [0.4, 0.5) is 0 Å². The highest BCUT2D eigenvalue weighted by Gasteiger charge is 2.19. The average Bonchev–Trinajstić information content (AvgIpc) is 2.81. The first-order valence-corrected chi connectivity index (χ1v) is 8.15. The zero-order valence-corrected chi connectivity index (χ0v) is 14.4. The van der Waals surface area contributed by atoms with Crippen molar-refractivity contribution in [3.05, 3.63) is 49.6 Å². The summed E-state index contributed by atoms with van der Waals surface area (Å²) in [6.07, 6.45) is 0. The van der Waals surface area contributed by atoms with E-state index in [0.29, 0.717) is 0 Å². The zero-order valence-electron chi connectivity index (χ0n) is 10.5. The number of methoxy groups -OCH3 is 1. The Labute approximate surface area is 128 Å². The minimum atomic E-state index is 0.180. The summed E-state index contributed by atoms with van der Waals surface area (Å²) in [6, 6.07) is 6.40. The van der Waals surface area contributed by atoms with Crippen molar-refractivity contribution in [1.29, 1.82) is 0 Å². The first kappa shape index (κ1) is 14.1. The van der Waals surface area contributed by atoms with Gasteiger partial charge in [0.05, 0.1) is 16.8 Å². The smallest absolute Gasteiger partial charge is 0.134 e. The molecule has 0 amide bonds. The van der Waals surface area contributed by atoms with E-state index in [9.17, 15) is 0 Å². The molecular weight excluding hydrogens is 376 g/mol. The largest absolute Gasteiger partial charge is 0.496 e. The Morgan fingerprint density at radius 2 is 1.94 bits per heavy atom. The Bertz CT molecular complexity index is 563. The van der Waals surface area contributed by atoms with Gasteiger partial charge in [0.1, 0.15) is 5.75 Å². The number of thiophene rings is 1. The van der Waals surface area contributed by atoms with E-state index in [1.807, 2.05) is 6.07 Å². The lowest BCUT2D eigenvalue weighted by Crippen LogP contribution is -1.97. The third-order valence-electron chi connectivity index (χ3n) is 2.93. The van der Waals surface area contributed by atoms with E-state index in [-0.39, 0.29) is 4.83 Å². The van der Waals surface area contributed by atoms with Crippen LogP contribution in [0, 0.1) is 13.8 Å². The number of halogens is 2. The molecule has 1 heterocycles. The molecule has 18 heavy (non-hydrogen) atoms. The van der Waals surface area contributed by atoms with E-state index in [4.69, 9.17) is 4.74 Å². The highest BCUT2D eigenvalue weighted by Crippen LogP contribution is 2.42. The van der Waals surface area contributed by atoms with Crippen molar-refractivity contribution in [2.24, 2.45) is 0 Å². The second kappa shape index (κ2) is 5.76. The van der Waals surface area contributed by atoms with Crippen LogP contribution in [0.5, 0.6) is 5.75 Å². The number of hydrogen-bond acceptors (Lipinski definition) is 2. The van der Waals surface area contributed by atoms with E-state index in [0.717, 1.165) is 10.2 Å². The number of aryl methyl sites for hydroxylation is 2. The van der Waals surface area contributed by atoms with Crippen LogP contribution in [-0.2, 0) is 0 Å². The SMILES string of the molecule is COc1ccsc1C(Br)c1cc(C)c(Br)cc1C. The van der Waals surface area contributed by atoms with Gasteiger partial charge in [0.25, 0.3) is 0 Å². The van der Waals surface area contributed by atoms with Crippen LogP contribution >= 0.6 is 43.2 Å². The average molecular weight is 390 g/mol. The van der Waals surface area contributed by atoms with Crippen LogP contribution in [0.3, 0.4) is 0 Å². The molecule has 0 bridgehead atoms. The molecule has 1 atom stereocenters. The van der Waals surface area contributed by atoms with Gasteiger partial charge in [-0.1, -0.05) is 37.9 Å². The molecule has 0 fully saturated rings. The molecule has 0 aliphatic carbocycles. The molecule has 0 spiro atoms. The van der Waals surface area contributed by atoms with Crippen molar-refractivity contribution in [2.45, 2.75) is 18.7 Å². The third kappa shape index (κ3) is 2.65. The molecule has 2 aromatic rings. The van der Waals surface area contributed by atoms with Gasteiger partial charge >= 0.3 is 0 Å². The lowest BCUT2D eigenvalue weighted by Gasteiger charge is -2.15. The first-order chi connectivity index (χ1) is 8.54. The standard InChI is InChI=1S/C14H14Br2OS/c1-8-7-11(15)9(2)6-10(8)13(16)14-12(17-3)4-5-18-14/h4-7,13H,1-3H3. The number of rotatable bonds is 3. The second-order valence-electron chi connectivity index (χ2n) is 4.17. The van der Waals surface area contributed by atoms with Gasteiger partial charge in [-0.05, 0) is 48.1 Å². The molecule has 1 nitrogen and oxygen atoms in total. The number of ether oxygens (including phenoxy) is 1. The summed E-state index contributed by atoms with van der Waals surface area (Å²) in [5.74, 6) is 0.946. The molecule has 1 unspecified atom stereocenters. The van der Waals surface area contributed by atoms with Crippen molar-refractivity contribution in [1.82, 2.24) is 0 Å². The van der Waals surface area contributed by atoms with Crippen LogP contribution in [0.25, 0.3) is 0 Å². The molecule has 0 N–H and O–H groups in total. The van der Waals surface area contributed by atoms with Crippen molar-refractivity contribution >= 4 is 43.2 Å². The Kier molecular flexibility index (Phi) is 4.51. The highest BCUT2D eigenvalue weighted by atomic mass is 79.9. The minimum Gasteiger partial charge on any atom is -0.496 e. The Hall–Kier alpha value is -0.320. The fourth-order valence-electron chi connectivity index (χ4n) is 1.88. The normalized spacial score (nSPS) is 12.5. The molecule has 0 saturated carbocycles. The van der Waals surface area contributed by atoms with Gasteiger partial charge < -0.3 is 4.74 Å². The maximum atomic E-state index is 5.39. The molecule has 1 aromatic carbocycles. The number of hydrogen-bond donors (Lipinski definition) is 0. The minimum absolute atomic E-state index is 0.180. The van der Waals surface area contributed by atoms with Gasteiger partial charge in [-0.25, -0.2) is 0 Å². The van der Waals surface area contributed by atoms with Gasteiger partial charge in [0, 0.05) is 4.47 Å². The molecule has 1 aromatic heterocycles. The molecule has 96 valence electrons. The zero-order chi connectivity index (χ0) is 13.3. The van der Waals surface area contributed by atoms with Gasteiger partial charge in [0.15, 0.2) is 0 Å². The fraction of sp³-hybridized carbons (Fsp3) is 0.286. The Balaban J connectivity index is 2.46. The monoisotopic (exact) mass is 388 g/mol. The lowest BCUT2D eigenvalue weighted by atomic mass is 10.0. The Morgan fingerprint density at radius 3 is 2.61 bits per heavy atom. The van der Waals surface area contributed by atoms with Gasteiger partial charge in [0.2, 0.25) is 0 Å². The van der Waals surface area contributed by atoms with Gasteiger partial charge in [-0.3, -0.25) is 0 Å². The molecule has 0 aliphatic heterocycles.